The van der Waals surface area contributed by atoms with Crippen LogP contribution in [-0.2, 0) is 6.42 Å². The van der Waals surface area contributed by atoms with Gasteiger partial charge in [0.1, 0.15) is 5.75 Å². The molecule has 2 aromatic rings. The SMILES string of the molecule is CCc1ccccc1NC(=O)N1CCCC(N2CCN(c3ccc(OC)cc3)CC2)C1. The number of para-hydroxylation sites is 1. The Kier molecular flexibility index (Phi) is 6.97. The molecule has 2 saturated heterocycles. The molecule has 0 bridgehead atoms. The molecule has 0 aromatic heterocycles. The standard InChI is InChI=1S/C25H34N4O2/c1-3-20-7-4-5-9-24(20)26-25(30)29-14-6-8-22(19-29)28-17-15-27(16-18-28)21-10-12-23(31-2)13-11-21/h4-5,7,9-13,22H,3,6,8,14-19H2,1-2H3,(H,26,30). The Labute approximate surface area is 185 Å². The molecule has 2 amide bonds. The minimum atomic E-state index is 0.0301. The largest absolute Gasteiger partial charge is 0.497 e. The second-order valence-corrected chi connectivity index (χ2v) is 8.40. The average Bonchev–Trinajstić information content (AvgIpc) is 2.84. The third-order valence-corrected chi connectivity index (χ3v) is 6.59. The van der Waals surface area contributed by atoms with Crippen molar-refractivity contribution in [2.75, 3.05) is 56.6 Å². The Bertz CT molecular complexity index is 862. The molecule has 166 valence electrons. The maximum atomic E-state index is 12.9. The zero-order valence-electron chi connectivity index (χ0n) is 18.7. The maximum Gasteiger partial charge on any atom is 0.321 e. The summed E-state index contributed by atoms with van der Waals surface area (Å²) in [7, 11) is 1.70. The lowest BCUT2D eigenvalue weighted by molar-refractivity contribution is 0.108. The van der Waals surface area contributed by atoms with Crippen molar-refractivity contribution in [3.05, 3.63) is 54.1 Å². The van der Waals surface area contributed by atoms with Crippen LogP contribution in [-0.4, -0.2) is 68.3 Å². The molecule has 2 heterocycles. The number of likely N-dealkylation sites (tertiary alicyclic amines) is 1. The summed E-state index contributed by atoms with van der Waals surface area (Å²) in [5.74, 6) is 0.893. The number of piperazine rings is 1. The van der Waals surface area contributed by atoms with Crippen LogP contribution in [0.4, 0.5) is 16.2 Å². The predicted molar refractivity (Wildman–Crippen MR) is 126 cm³/mol. The molecular formula is C25H34N4O2. The number of anilines is 2. The molecule has 6 nitrogen and oxygen atoms in total. The summed E-state index contributed by atoms with van der Waals surface area (Å²) in [5, 5.41) is 3.14. The quantitative estimate of drug-likeness (QED) is 0.789. The van der Waals surface area contributed by atoms with Gasteiger partial charge in [-0.25, -0.2) is 4.79 Å². The van der Waals surface area contributed by atoms with Crippen molar-refractivity contribution in [1.82, 2.24) is 9.80 Å². The number of piperidine rings is 1. The van der Waals surface area contributed by atoms with Gasteiger partial charge in [-0.3, -0.25) is 4.90 Å². The zero-order chi connectivity index (χ0) is 21.6. The average molecular weight is 423 g/mol. The van der Waals surface area contributed by atoms with Gasteiger partial charge in [0.25, 0.3) is 0 Å². The maximum absolute atomic E-state index is 12.9. The van der Waals surface area contributed by atoms with Crippen LogP contribution in [0.2, 0.25) is 0 Å². The Hall–Kier alpha value is -2.73. The number of hydrogen-bond acceptors (Lipinski definition) is 4. The summed E-state index contributed by atoms with van der Waals surface area (Å²) >= 11 is 0. The van der Waals surface area contributed by atoms with Gasteiger partial charge in [0.05, 0.1) is 7.11 Å². The first-order chi connectivity index (χ1) is 15.2. The zero-order valence-corrected chi connectivity index (χ0v) is 18.7. The van der Waals surface area contributed by atoms with Gasteiger partial charge < -0.3 is 19.9 Å². The van der Waals surface area contributed by atoms with E-state index in [1.807, 2.05) is 35.2 Å². The van der Waals surface area contributed by atoms with Crippen LogP contribution in [0.5, 0.6) is 5.75 Å². The molecule has 31 heavy (non-hydrogen) atoms. The monoisotopic (exact) mass is 422 g/mol. The minimum Gasteiger partial charge on any atom is -0.497 e. The van der Waals surface area contributed by atoms with Crippen molar-refractivity contribution >= 4 is 17.4 Å². The minimum absolute atomic E-state index is 0.0301. The van der Waals surface area contributed by atoms with E-state index in [1.54, 1.807) is 7.11 Å². The smallest absolute Gasteiger partial charge is 0.321 e. The summed E-state index contributed by atoms with van der Waals surface area (Å²) < 4.78 is 5.27. The number of rotatable bonds is 5. The highest BCUT2D eigenvalue weighted by atomic mass is 16.5. The molecule has 2 aromatic carbocycles. The molecule has 2 fully saturated rings. The number of nitrogens with one attached hydrogen (secondary N) is 1. The third kappa shape index (κ3) is 5.13. The highest BCUT2D eigenvalue weighted by molar-refractivity contribution is 5.90. The number of aryl methyl sites for hydroxylation is 1. The van der Waals surface area contributed by atoms with Crippen LogP contribution in [0, 0.1) is 0 Å². The molecule has 0 aliphatic carbocycles. The Morgan fingerprint density at radius 1 is 1.03 bits per heavy atom. The molecular weight excluding hydrogens is 388 g/mol. The fourth-order valence-electron chi connectivity index (χ4n) is 4.72. The molecule has 1 atom stereocenters. The van der Waals surface area contributed by atoms with Gasteiger partial charge in [-0.15, -0.1) is 0 Å². The number of carbonyl (C=O) groups is 1. The first-order valence-electron chi connectivity index (χ1n) is 11.4. The molecule has 0 radical (unpaired) electrons. The number of amides is 2. The molecule has 2 aliphatic heterocycles. The van der Waals surface area contributed by atoms with E-state index >= 15 is 0 Å². The van der Waals surface area contributed by atoms with Gasteiger partial charge in [-0.05, 0) is 55.2 Å². The van der Waals surface area contributed by atoms with Crippen LogP contribution >= 0.6 is 0 Å². The second kappa shape index (κ2) is 10.1. The van der Waals surface area contributed by atoms with Gasteiger partial charge in [-0.2, -0.15) is 0 Å². The molecule has 2 aliphatic rings. The van der Waals surface area contributed by atoms with E-state index in [0.717, 1.165) is 70.0 Å². The fourth-order valence-corrected chi connectivity index (χ4v) is 4.72. The molecule has 1 N–H and O–H groups in total. The highest BCUT2D eigenvalue weighted by Gasteiger charge is 2.30. The fraction of sp³-hybridized carbons (Fsp3) is 0.480. The van der Waals surface area contributed by atoms with E-state index in [-0.39, 0.29) is 6.03 Å². The summed E-state index contributed by atoms with van der Waals surface area (Å²) in [6, 6.07) is 16.9. The van der Waals surface area contributed by atoms with Crippen LogP contribution < -0.4 is 15.0 Å². The number of benzene rings is 2. The third-order valence-electron chi connectivity index (χ3n) is 6.59. The molecule has 0 saturated carbocycles. The van der Waals surface area contributed by atoms with Crippen molar-refractivity contribution in [2.24, 2.45) is 0 Å². The number of nitrogens with zero attached hydrogens (tertiary/aromatic N) is 3. The Morgan fingerprint density at radius 3 is 2.48 bits per heavy atom. The van der Waals surface area contributed by atoms with Crippen LogP contribution in [0.3, 0.4) is 0 Å². The lowest BCUT2D eigenvalue weighted by Gasteiger charge is -2.44. The van der Waals surface area contributed by atoms with Gasteiger partial charge in [0, 0.05) is 56.7 Å². The van der Waals surface area contributed by atoms with Gasteiger partial charge >= 0.3 is 6.03 Å². The van der Waals surface area contributed by atoms with Crippen molar-refractivity contribution in [3.63, 3.8) is 0 Å². The number of ether oxygens (including phenoxy) is 1. The van der Waals surface area contributed by atoms with Crippen molar-refractivity contribution in [3.8, 4) is 5.75 Å². The van der Waals surface area contributed by atoms with Gasteiger partial charge in [0.15, 0.2) is 0 Å². The Balaban J connectivity index is 1.31. The van der Waals surface area contributed by atoms with Crippen LogP contribution in [0.1, 0.15) is 25.3 Å². The van der Waals surface area contributed by atoms with E-state index in [2.05, 4.69) is 40.2 Å². The first-order valence-corrected chi connectivity index (χ1v) is 11.4. The van der Waals surface area contributed by atoms with Crippen molar-refractivity contribution < 1.29 is 9.53 Å². The van der Waals surface area contributed by atoms with Crippen molar-refractivity contribution in [2.45, 2.75) is 32.2 Å². The molecule has 6 heteroatoms. The van der Waals surface area contributed by atoms with Crippen LogP contribution in [0.15, 0.2) is 48.5 Å². The summed E-state index contributed by atoms with van der Waals surface area (Å²) in [6.07, 6.45) is 3.14. The second-order valence-electron chi connectivity index (χ2n) is 8.40. The van der Waals surface area contributed by atoms with E-state index in [1.165, 1.54) is 11.3 Å². The first kappa shape index (κ1) is 21.5. The van der Waals surface area contributed by atoms with Gasteiger partial charge in [0.2, 0.25) is 0 Å². The number of urea groups is 1. The topological polar surface area (TPSA) is 48.1 Å². The Morgan fingerprint density at radius 2 is 1.77 bits per heavy atom. The van der Waals surface area contributed by atoms with Crippen molar-refractivity contribution in [1.29, 1.82) is 0 Å². The van der Waals surface area contributed by atoms with E-state index in [4.69, 9.17) is 4.74 Å². The van der Waals surface area contributed by atoms with Crippen LogP contribution in [0.25, 0.3) is 0 Å². The molecule has 1 unspecified atom stereocenters. The van der Waals surface area contributed by atoms with E-state index in [0.29, 0.717) is 6.04 Å². The van der Waals surface area contributed by atoms with E-state index < -0.39 is 0 Å². The number of carbonyl (C=O) groups excluding carboxylic acids is 1. The van der Waals surface area contributed by atoms with Gasteiger partial charge in [-0.1, -0.05) is 25.1 Å². The summed E-state index contributed by atoms with van der Waals surface area (Å²) in [4.78, 5) is 19.9. The normalized spacial score (nSPS) is 19.9. The predicted octanol–water partition coefficient (Wildman–Crippen LogP) is 4.08. The number of methoxy groups -OCH3 is 1. The summed E-state index contributed by atoms with van der Waals surface area (Å²) in [5.41, 5.74) is 3.36. The highest BCUT2D eigenvalue weighted by Crippen LogP contribution is 2.24. The molecule has 4 rings (SSSR count). The number of hydrogen-bond donors (Lipinski definition) is 1. The lowest BCUT2D eigenvalue weighted by Crippen LogP contribution is -2.56. The van der Waals surface area contributed by atoms with E-state index in [9.17, 15) is 4.79 Å². The lowest BCUT2D eigenvalue weighted by atomic mass is 10.0. The molecule has 0 spiro atoms. The summed E-state index contributed by atoms with van der Waals surface area (Å²) in [6.45, 7) is 7.85.